The van der Waals surface area contributed by atoms with Crippen molar-refractivity contribution in [3.63, 3.8) is 0 Å². The van der Waals surface area contributed by atoms with E-state index in [1.165, 1.54) is 6.07 Å². The number of nitrogens with two attached hydrogens (primary N) is 2. The largest absolute Gasteiger partial charge is 0.398 e. The molecule has 0 radical (unpaired) electrons. The maximum atomic E-state index is 11.3. The molecule has 7 nitrogen and oxygen atoms in total. The molecule has 1 aliphatic rings. The van der Waals surface area contributed by atoms with Gasteiger partial charge >= 0.3 is 0 Å². The summed E-state index contributed by atoms with van der Waals surface area (Å²) in [6.45, 7) is 1.54. The molecule has 1 heterocycles. The number of benzene rings is 1. The van der Waals surface area contributed by atoms with E-state index in [1.54, 1.807) is 12.1 Å². The highest BCUT2D eigenvalue weighted by molar-refractivity contribution is 7.89. The molecule has 0 aromatic heterocycles. The van der Waals surface area contributed by atoms with Crippen LogP contribution in [0.3, 0.4) is 0 Å². The van der Waals surface area contributed by atoms with Gasteiger partial charge < -0.3 is 20.5 Å². The van der Waals surface area contributed by atoms with Gasteiger partial charge in [0.2, 0.25) is 10.0 Å². The van der Waals surface area contributed by atoms with Crippen molar-refractivity contribution in [2.24, 2.45) is 5.14 Å². The molecule has 0 spiro atoms. The fourth-order valence-corrected chi connectivity index (χ4v) is 2.76. The molecule has 0 bridgehead atoms. The van der Waals surface area contributed by atoms with Gasteiger partial charge in [-0.25, -0.2) is 13.6 Å². The van der Waals surface area contributed by atoms with E-state index in [4.69, 9.17) is 15.6 Å². The van der Waals surface area contributed by atoms with Gasteiger partial charge in [-0.1, -0.05) is 0 Å². The first-order chi connectivity index (χ1) is 8.93. The van der Waals surface area contributed by atoms with Gasteiger partial charge in [0.05, 0.1) is 31.5 Å². The summed E-state index contributed by atoms with van der Waals surface area (Å²) in [5.74, 6) is 0. The first-order valence-corrected chi connectivity index (χ1v) is 7.35. The van der Waals surface area contributed by atoms with Crippen molar-refractivity contribution in [2.45, 2.75) is 10.9 Å². The minimum Gasteiger partial charge on any atom is -0.398 e. The van der Waals surface area contributed by atoms with Crippen LogP contribution < -0.4 is 15.8 Å². The third kappa shape index (κ3) is 2.98. The molecule has 1 aromatic rings. The van der Waals surface area contributed by atoms with Gasteiger partial charge in [0, 0.05) is 12.2 Å². The monoisotopic (exact) mass is 287 g/mol. The molecule has 1 aliphatic heterocycles. The number of anilines is 2. The van der Waals surface area contributed by atoms with Crippen molar-refractivity contribution in [3.8, 4) is 0 Å². The Morgan fingerprint density at radius 3 is 2.79 bits per heavy atom. The number of morpholine rings is 1. The summed E-state index contributed by atoms with van der Waals surface area (Å²) in [7, 11) is -3.82. The van der Waals surface area contributed by atoms with Crippen LogP contribution in [0.1, 0.15) is 0 Å². The lowest BCUT2D eigenvalue weighted by atomic mass is 10.2. The number of aliphatic hydroxyl groups excluding tert-OH is 1. The second kappa shape index (κ2) is 5.33. The van der Waals surface area contributed by atoms with Gasteiger partial charge in [-0.15, -0.1) is 0 Å². The highest BCUT2D eigenvalue weighted by Crippen LogP contribution is 2.26. The Kier molecular flexibility index (Phi) is 3.95. The summed E-state index contributed by atoms with van der Waals surface area (Å²) in [6, 6.07) is 4.40. The molecule has 8 heteroatoms. The van der Waals surface area contributed by atoms with E-state index in [1.807, 2.05) is 4.90 Å². The number of nitrogen functional groups attached to an aromatic ring is 1. The molecule has 1 saturated heterocycles. The number of primary sulfonamides is 1. The Balaban J connectivity index is 2.33. The van der Waals surface area contributed by atoms with Crippen molar-refractivity contribution in [3.05, 3.63) is 18.2 Å². The summed E-state index contributed by atoms with van der Waals surface area (Å²) in [5.41, 5.74) is 6.56. The van der Waals surface area contributed by atoms with Crippen molar-refractivity contribution in [2.75, 3.05) is 37.0 Å². The fourth-order valence-electron chi connectivity index (χ4n) is 2.12. The van der Waals surface area contributed by atoms with Crippen LogP contribution in [0.2, 0.25) is 0 Å². The Labute approximate surface area is 111 Å². The highest BCUT2D eigenvalue weighted by Gasteiger charge is 2.23. The van der Waals surface area contributed by atoms with Crippen LogP contribution in [0, 0.1) is 0 Å². The molecule has 19 heavy (non-hydrogen) atoms. The number of aliphatic hydroxyl groups is 1. The Morgan fingerprint density at radius 2 is 2.21 bits per heavy atom. The number of sulfonamides is 1. The number of hydrogen-bond acceptors (Lipinski definition) is 6. The Morgan fingerprint density at radius 1 is 1.47 bits per heavy atom. The molecule has 1 unspecified atom stereocenters. The third-order valence-electron chi connectivity index (χ3n) is 3.07. The van der Waals surface area contributed by atoms with Crippen LogP contribution in [0.25, 0.3) is 0 Å². The molecule has 5 N–H and O–H groups in total. The zero-order chi connectivity index (χ0) is 14.0. The highest BCUT2D eigenvalue weighted by atomic mass is 32.2. The van der Waals surface area contributed by atoms with Crippen LogP contribution in [0.4, 0.5) is 11.4 Å². The van der Waals surface area contributed by atoms with E-state index in [9.17, 15) is 13.5 Å². The summed E-state index contributed by atoms with van der Waals surface area (Å²) in [6.07, 6.45) is 0. The first kappa shape index (κ1) is 14.1. The van der Waals surface area contributed by atoms with Crippen molar-refractivity contribution < 1.29 is 18.3 Å². The predicted octanol–water partition coefficient (Wildman–Crippen LogP) is -0.886. The smallest absolute Gasteiger partial charge is 0.240 e. The zero-order valence-corrected chi connectivity index (χ0v) is 11.1. The number of rotatable bonds is 3. The Bertz CT molecular complexity index is 561. The molecule has 106 valence electrons. The summed E-state index contributed by atoms with van der Waals surface area (Å²) in [4.78, 5) is 1.84. The minimum absolute atomic E-state index is 0.0448. The van der Waals surface area contributed by atoms with Gasteiger partial charge in [0.1, 0.15) is 4.90 Å². The lowest BCUT2D eigenvalue weighted by Crippen LogP contribution is -2.47. The molecular formula is C11H17N3O4S. The predicted molar refractivity (Wildman–Crippen MR) is 71.3 cm³/mol. The second-order valence-corrected chi connectivity index (χ2v) is 5.90. The zero-order valence-electron chi connectivity index (χ0n) is 10.3. The summed E-state index contributed by atoms with van der Waals surface area (Å²) < 4.78 is 27.9. The van der Waals surface area contributed by atoms with Gasteiger partial charge in [-0.05, 0) is 18.2 Å². The van der Waals surface area contributed by atoms with Crippen molar-refractivity contribution in [1.82, 2.24) is 0 Å². The van der Waals surface area contributed by atoms with E-state index >= 15 is 0 Å². The fraction of sp³-hybridized carbons (Fsp3) is 0.455. The third-order valence-corrected chi connectivity index (χ3v) is 4.05. The topological polar surface area (TPSA) is 119 Å². The van der Waals surface area contributed by atoms with Crippen LogP contribution >= 0.6 is 0 Å². The molecule has 1 aromatic carbocycles. The van der Waals surface area contributed by atoms with E-state index in [-0.39, 0.29) is 23.2 Å². The van der Waals surface area contributed by atoms with Crippen molar-refractivity contribution >= 4 is 21.4 Å². The van der Waals surface area contributed by atoms with Crippen LogP contribution in [-0.2, 0) is 14.8 Å². The van der Waals surface area contributed by atoms with Gasteiger partial charge in [-0.3, -0.25) is 0 Å². The number of ether oxygens (including phenoxy) is 1. The first-order valence-electron chi connectivity index (χ1n) is 5.81. The molecule has 1 fully saturated rings. The Hall–Kier alpha value is -1.35. The molecule has 1 atom stereocenters. The maximum Gasteiger partial charge on any atom is 0.240 e. The summed E-state index contributed by atoms with van der Waals surface area (Å²) >= 11 is 0. The van der Waals surface area contributed by atoms with E-state index in [0.717, 1.165) is 5.69 Å². The van der Waals surface area contributed by atoms with E-state index in [0.29, 0.717) is 19.8 Å². The lowest BCUT2D eigenvalue weighted by Gasteiger charge is -2.36. The standard InChI is InChI=1S/C11H17N3O4S/c12-10-5-8(1-2-11(10)19(13,16)17)14-3-4-18-7-9(14)6-15/h1-2,5,9,15H,3-4,6-7,12H2,(H2,13,16,17). The minimum atomic E-state index is -3.82. The molecule has 0 aliphatic carbocycles. The second-order valence-electron chi connectivity index (χ2n) is 4.37. The van der Waals surface area contributed by atoms with Crippen molar-refractivity contribution in [1.29, 1.82) is 0 Å². The quantitative estimate of drug-likeness (QED) is 0.621. The molecular weight excluding hydrogens is 270 g/mol. The lowest BCUT2D eigenvalue weighted by molar-refractivity contribution is 0.0727. The van der Waals surface area contributed by atoms with Gasteiger partial charge in [0.15, 0.2) is 0 Å². The number of hydrogen-bond donors (Lipinski definition) is 3. The average molecular weight is 287 g/mol. The van der Waals surface area contributed by atoms with E-state index in [2.05, 4.69) is 0 Å². The SMILES string of the molecule is Nc1cc(N2CCOCC2CO)ccc1S(N)(=O)=O. The van der Waals surface area contributed by atoms with Crippen LogP contribution in [0.5, 0.6) is 0 Å². The van der Waals surface area contributed by atoms with E-state index < -0.39 is 10.0 Å². The molecule has 0 saturated carbocycles. The van der Waals surface area contributed by atoms with Gasteiger partial charge in [-0.2, -0.15) is 0 Å². The van der Waals surface area contributed by atoms with Crippen LogP contribution in [0.15, 0.2) is 23.1 Å². The molecule has 2 rings (SSSR count). The van der Waals surface area contributed by atoms with Crippen LogP contribution in [-0.4, -0.2) is 45.9 Å². The normalized spacial score (nSPS) is 20.5. The summed E-state index contributed by atoms with van der Waals surface area (Å²) in [5, 5.41) is 14.4. The maximum absolute atomic E-state index is 11.3. The van der Waals surface area contributed by atoms with Gasteiger partial charge in [0.25, 0.3) is 0 Å². The number of nitrogens with zero attached hydrogens (tertiary/aromatic N) is 1. The molecule has 0 amide bonds. The average Bonchev–Trinajstić information content (AvgIpc) is 2.37.